The molecule has 94 valence electrons. The maximum Gasteiger partial charge on any atom is 0.242 e. The van der Waals surface area contributed by atoms with Crippen LogP contribution in [0.2, 0.25) is 0 Å². The van der Waals surface area contributed by atoms with Gasteiger partial charge in [-0.3, -0.25) is 4.79 Å². The fraction of sp³-hybridized carbons (Fsp3) is 0.500. The second-order valence-corrected chi connectivity index (χ2v) is 4.40. The summed E-state index contributed by atoms with van der Waals surface area (Å²) in [5, 5.41) is 5.87. The number of nitrogen functional groups attached to an aromatic ring is 1. The lowest BCUT2D eigenvalue weighted by Crippen LogP contribution is -2.41. The number of hydrogen-bond donors (Lipinski definition) is 3. The Hall–Kier alpha value is -1.78. The largest absolute Gasteiger partial charge is 0.397 e. The van der Waals surface area contributed by atoms with Crippen molar-refractivity contribution in [2.45, 2.75) is 39.8 Å². The number of amides is 1. The molecule has 0 aliphatic heterocycles. The molecule has 0 spiro atoms. The molecule has 4 N–H and O–H groups in total. The highest BCUT2D eigenvalue weighted by atomic mass is 16.2. The Morgan fingerprint density at radius 3 is 2.53 bits per heavy atom. The first-order chi connectivity index (χ1) is 7.90. The maximum absolute atomic E-state index is 11.7. The van der Waals surface area contributed by atoms with Gasteiger partial charge < -0.3 is 16.4 Å². The smallest absolute Gasteiger partial charge is 0.242 e. The van der Waals surface area contributed by atoms with Crippen LogP contribution in [-0.4, -0.2) is 23.0 Å². The average Bonchev–Trinajstić information content (AvgIpc) is 2.22. The molecule has 0 aliphatic rings. The summed E-state index contributed by atoms with van der Waals surface area (Å²) in [7, 11) is 0. The van der Waals surface area contributed by atoms with Crippen LogP contribution in [0.5, 0.6) is 0 Å². The molecule has 1 aromatic rings. The summed E-state index contributed by atoms with van der Waals surface area (Å²) in [6, 6.07) is 3.35. The van der Waals surface area contributed by atoms with E-state index in [-0.39, 0.29) is 18.0 Å². The first-order valence-electron chi connectivity index (χ1n) is 5.70. The predicted molar refractivity (Wildman–Crippen MR) is 69.7 cm³/mol. The van der Waals surface area contributed by atoms with Gasteiger partial charge in [-0.25, -0.2) is 4.98 Å². The number of carbonyl (C=O) groups excluding carboxylic acids is 1. The molecule has 17 heavy (non-hydrogen) atoms. The highest BCUT2D eigenvalue weighted by Gasteiger charge is 2.13. The number of aromatic nitrogens is 1. The van der Waals surface area contributed by atoms with Gasteiger partial charge in [0.2, 0.25) is 5.91 Å². The van der Waals surface area contributed by atoms with Crippen molar-refractivity contribution >= 4 is 17.4 Å². The predicted octanol–water partition coefficient (Wildman–Crippen LogP) is 1.30. The lowest BCUT2D eigenvalue weighted by Gasteiger charge is -2.16. The van der Waals surface area contributed by atoms with E-state index in [2.05, 4.69) is 15.6 Å². The van der Waals surface area contributed by atoms with Crippen molar-refractivity contribution in [2.24, 2.45) is 0 Å². The van der Waals surface area contributed by atoms with E-state index in [1.165, 1.54) is 0 Å². The van der Waals surface area contributed by atoms with Gasteiger partial charge in [-0.2, -0.15) is 0 Å². The molecule has 0 fully saturated rings. The monoisotopic (exact) mass is 236 g/mol. The average molecular weight is 236 g/mol. The molecule has 0 radical (unpaired) electrons. The quantitative estimate of drug-likeness (QED) is 0.736. The Balaban J connectivity index is 2.64. The van der Waals surface area contributed by atoms with Gasteiger partial charge in [0.05, 0.1) is 11.4 Å². The summed E-state index contributed by atoms with van der Waals surface area (Å²) in [5.41, 5.74) is 7.08. The third-order valence-electron chi connectivity index (χ3n) is 2.32. The van der Waals surface area contributed by atoms with Gasteiger partial charge in [0.15, 0.2) is 0 Å². The molecular formula is C12H20N4O. The Bertz CT molecular complexity index is 403. The second kappa shape index (κ2) is 5.52. The van der Waals surface area contributed by atoms with Gasteiger partial charge in [0.25, 0.3) is 0 Å². The van der Waals surface area contributed by atoms with Gasteiger partial charge in [0.1, 0.15) is 11.9 Å². The van der Waals surface area contributed by atoms with Crippen molar-refractivity contribution in [1.82, 2.24) is 10.3 Å². The molecule has 1 heterocycles. The molecule has 1 rings (SSSR count). The van der Waals surface area contributed by atoms with Gasteiger partial charge in [-0.15, -0.1) is 0 Å². The van der Waals surface area contributed by atoms with Crippen LogP contribution >= 0.6 is 0 Å². The van der Waals surface area contributed by atoms with Crippen LogP contribution in [0.25, 0.3) is 0 Å². The Labute approximate surface area is 102 Å². The second-order valence-electron chi connectivity index (χ2n) is 4.40. The molecule has 5 nitrogen and oxygen atoms in total. The molecule has 5 heteroatoms. The third kappa shape index (κ3) is 3.94. The van der Waals surface area contributed by atoms with Crippen LogP contribution in [0.1, 0.15) is 26.5 Å². The number of nitrogens with one attached hydrogen (secondary N) is 2. The maximum atomic E-state index is 11.7. The van der Waals surface area contributed by atoms with Crippen LogP contribution < -0.4 is 16.4 Å². The van der Waals surface area contributed by atoms with E-state index in [0.717, 1.165) is 5.69 Å². The highest BCUT2D eigenvalue weighted by Crippen LogP contribution is 2.12. The summed E-state index contributed by atoms with van der Waals surface area (Å²) in [4.78, 5) is 15.9. The third-order valence-corrected chi connectivity index (χ3v) is 2.32. The number of anilines is 2. The van der Waals surface area contributed by atoms with E-state index in [4.69, 9.17) is 5.73 Å². The minimum atomic E-state index is -0.326. The topological polar surface area (TPSA) is 80.0 Å². The van der Waals surface area contributed by atoms with Crippen LogP contribution in [0, 0.1) is 6.92 Å². The van der Waals surface area contributed by atoms with Gasteiger partial charge in [-0.1, -0.05) is 0 Å². The van der Waals surface area contributed by atoms with Crippen LogP contribution in [0.3, 0.4) is 0 Å². The minimum Gasteiger partial charge on any atom is -0.397 e. The summed E-state index contributed by atoms with van der Waals surface area (Å²) < 4.78 is 0. The molecule has 0 aromatic carbocycles. The zero-order valence-electron chi connectivity index (χ0n) is 10.7. The van der Waals surface area contributed by atoms with Crippen molar-refractivity contribution in [1.29, 1.82) is 0 Å². The van der Waals surface area contributed by atoms with Crippen molar-refractivity contribution in [3.63, 3.8) is 0 Å². The molecule has 0 aliphatic carbocycles. The molecule has 1 aromatic heterocycles. The molecule has 1 atom stereocenters. The van der Waals surface area contributed by atoms with E-state index in [9.17, 15) is 4.79 Å². The van der Waals surface area contributed by atoms with Crippen LogP contribution in [-0.2, 0) is 4.79 Å². The molecule has 1 amide bonds. The molecule has 0 bridgehead atoms. The lowest BCUT2D eigenvalue weighted by molar-refractivity contribution is -0.122. The lowest BCUT2D eigenvalue weighted by atomic mass is 10.2. The highest BCUT2D eigenvalue weighted by molar-refractivity contribution is 5.84. The summed E-state index contributed by atoms with van der Waals surface area (Å²) >= 11 is 0. The number of nitrogens with two attached hydrogens (primary N) is 1. The zero-order chi connectivity index (χ0) is 13.0. The Morgan fingerprint density at radius 2 is 2.00 bits per heavy atom. The van der Waals surface area contributed by atoms with E-state index in [1.54, 1.807) is 19.1 Å². The summed E-state index contributed by atoms with van der Waals surface area (Å²) in [5.74, 6) is 0.611. The van der Waals surface area contributed by atoms with Crippen molar-refractivity contribution in [3.8, 4) is 0 Å². The first-order valence-corrected chi connectivity index (χ1v) is 5.70. The summed E-state index contributed by atoms with van der Waals surface area (Å²) in [6.07, 6.45) is 0. The summed E-state index contributed by atoms with van der Waals surface area (Å²) in [6.45, 7) is 7.48. The van der Waals surface area contributed by atoms with Crippen molar-refractivity contribution in [3.05, 3.63) is 17.8 Å². The Kier molecular flexibility index (Phi) is 4.31. The fourth-order valence-corrected chi connectivity index (χ4v) is 1.35. The van der Waals surface area contributed by atoms with E-state index < -0.39 is 0 Å². The standard InChI is InChI=1S/C12H20N4O/c1-7(2)14-12(17)9(4)16-11-6-5-10(13)8(3)15-11/h5-7,9H,13H2,1-4H3,(H,14,17)(H,15,16). The van der Waals surface area contributed by atoms with E-state index >= 15 is 0 Å². The number of hydrogen-bond acceptors (Lipinski definition) is 4. The minimum absolute atomic E-state index is 0.0451. The van der Waals surface area contributed by atoms with E-state index in [0.29, 0.717) is 11.5 Å². The van der Waals surface area contributed by atoms with Crippen molar-refractivity contribution < 1.29 is 4.79 Å². The first kappa shape index (κ1) is 13.3. The normalized spacial score (nSPS) is 12.3. The number of aryl methyl sites for hydroxylation is 1. The number of carbonyl (C=O) groups is 1. The number of rotatable bonds is 4. The molecular weight excluding hydrogens is 216 g/mol. The van der Waals surface area contributed by atoms with Crippen LogP contribution in [0.4, 0.5) is 11.5 Å². The van der Waals surface area contributed by atoms with Gasteiger partial charge in [0, 0.05) is 6.04 Å². The van der Waals surface area contributed by atoms with Crippen molar-refractivity contribution in [2.75, 3.05) is 11.1 Å². The Morgan fingerprint density at radius 1 is 1.35 bits per heavy atom. The zero-order valence-corrected chi connectivity index (χ0v) is 10.7. The van der Waals surface area contributed by atoms with E-state index in [1.807, 2.05) is 20.8 Å². The fourth-order valence-electron chi connectivity index (χ4n) is 1.35. The molecule has 0 saturated heterocycles. The number of pyridine rings is 1. The molecule has 0 saturated carbocycles. The molecule has 1 unspecified atom stereocenters. The van der Waals surface area contributed by atoms with Crippen LogP contribution in [0.15, 0.2) is 12.1 Å². The number of nitrogens with zero attached hydrogens (tertiary/aromatic N) is 1. The van der Waals surface area contributed by atoms with Gasteiger partial charge in [-0.05, 0) is 39.8 Å². The van der Waals surface area contributed by atoms with Gasteiger partial charge >= 0.3 is 0 Å². The SMILES string of the molecule is Cc1nc(NC(C)C(=O)NC(C)C)ccc1N.